The number of para-hydroxylation sites is 1. The van der Waals surface area contributed by atoms with E-state index in [1.165, 1.54) is 6.42 Å². The molecule has 80 valence electrons. The molecule has 1 heteroatoms. The molecule has 0 radical (unpaired) electrons. The van der Waals surface area contributed by atoms with E-state index in [1.807, 2.05) is 30.3 Å². The first-order valence-electron chi connectivity index (χ1n) is 5.08. The second-order valence-electron chi connectivity index (χ2n) is 4.43. The first-order valence-corrected chi connectivity index (χ1v) is 5.08. The van der Waals surface area contributed by atoms with Gasteiger partial charge in [0.2, 0.25) is 0 Å². The quantitative estimate of drug-likeness (QED) is 0.653. The van der Waals surface area contributed by atoms with Gasteiger partial charge >= 0.3 is 0 Å². The number of hydrogen-bond donors (Lipinski definition) is 0. The van der Waals surface area contributed by atoms with Gasteiger partial charge in [-0.2, -0.15) is 0 Å². The Labute approximate surface area is 88.1 Å². The summed E-state index contributed by atoms with van der Waals surface area (Å²) in [6, 6.07) is 9.68. The van der Waals surface area contributed by atoms with Crippen molar-refractivity contribution in [3.05, 3.63) is 30.3 Å². The molecular formula is C13H22O. The van der Waals surface area contributed by atoms with E-state index in [4.69, 9.17) is 4.74 Å². The fourth-order valence-corrected chi connectivity index (χ4v) is 0.557. The van der Waals surface area contributed by atoms with Crippen molar-refractivity contribution < 1.29 is 4.74 Å². The summed E-state index contributed by atoms with van der Waals surface area (Å²) >= 11 is 0. The Balaban J connectivity index is 0.000000255. The number of benzene rings is 1. The van der Waals surface area contributed by atoms with Crippen LogP contribution in [0.1, 0.15) is 34.1 Å². The standard InChI is InChI=1S/C7H8O.C6H14/c1-8-7-5-3-2-4-6-7;1-5-6(2,3)4/h2-6H,1H3;5H2,1-4H3. The maximum absolute atomic E-state index is 4.91. The molecule has 1 aromatic rings. The molecule has 0 spiro atoms. The number of ether oxygens (including phenoxy) is 1. The van der Waals surface area contributed by atoms with Crippen LogP contribution in [0.25, 0.3) is 0 Å². The van der Waals surface area contributed by atoms with Gasteiger partial charge in [-0.05, 0) is 17.5 Å². The predicted octanol–water partition coefficient (Wildman–Crippen LogP) is 4.14. The molecule has 0 bridgehead atoms. The van der Waals surface area contributed by atoms with Crippen LogP contribution < -0.4 is 4.74 Å². The Hall–Kier alpha value is -0.980. The Morgan fingerprint density at radius 3 is 1.71 bits per heavy atom. The van der Waals surface area contributed by atoms with Crippen molar-refractivity contribution in [1.29, 1.82) is 0 Å². The van der Waals surface area contributed by atoms with Gasteiger partial charge in [0.15, 0.2) is 0 Å². The molecule has 1 aromatic carbocycles. The van der Waals surface area contributed by atoms with E-state index in [-0.39, 0.29) is 0 Å². The molecule has 0 amide bonds. The summed E-state index contributed by atoms with van der Waals surface area (Å²) in [5.41, 5.74) is 0.542. The molecule has 0 fully saturated rings. The second-order valence-corrected chi connectivity index (χ2v) is 4.43. The molecule has 0 unspecified atom stereocenters. The van der Waals surface area contributed by atoms with E-state index < -0.39 is 0 Å². The lowest BCUT2D eigenvalue weighted by Crippen LogP contribution is -2.00. The number of hydrogen-bond acceptors (Lipinski definition) is 1. The molecular weight excluding hydrogens is 172 g/mol. The van der Waals surface area contributed by atoms with Gasteiger partial charge in [-0.3, -0.25) is 0 Å². The summed E-state index contributed by atoms with van der Waals surface area (Å²) in [5, 5.41) is 0. The van der Waals surface area contributed by atoms with Gasteiger partial charge in [0.25, 0.3) is 0 Å². The van der Waals surface area contributed by atoms with Crippen molar-refractivity contribution in [2.24, 2.45) is 5.41 Å². The van der Waals surface area contributed by atoms with Crippen LogP contribution >= 0.6 is 0 Å². The summed E-state index contributed by atoms with van der Waals surface area (Å²) in [7, 11) is 1.66. The second kappa shape index (κ2) is 6.47. The molecule has 1 nitrogen and oxygen atoms in total. The third-order valence-corrected chi connectivity index (χ3v) is 2.04. The van der Waals surface area contributed by atoms with Crippen LogP contribution in [0.4, 0.5) is 0 Å². The lowest BCUT2D eigenvalue weighted by Gasteiger charge is -2.12. The van der Waals surface area contributed by atoms with Crippen LogP contribution in [-0.2, 0) is 0 Å². The normalized spacial score (nSPS) is 10.1. The third kappa shape index (κ3) is 7.66. The Kier molecular flexibility index (Phi) is 6.02. The maximum atomic E-state index is 4.91. The molecule has 0 N–H and O–H groups in total. The molecule has 1 rings (SSSR count). The largest absolute Gasteiger partial charge is 0.497 e. The summed E-state index contributed by atoms with van der Waals surface area (Å²) < 4.78 is 4.91. The number of methoxy groups -OCH3 is 1. The average Bonchev–Trinajstić information content (AvgIpc) is 2.19. The summed E-state index contributed by atoms with van der Waals surface area (Å²) in [5.74, 6) is 0.910. The Morgan fingerprint density at radius 1 is 1.07 bits per heavy atom. The molecule has 0 aliphatic heterocycles. The highest BCUT2D eigenvalue weighted by molar-refractivity contribution is 5.20. The first kappa shape index (κ1) is 13.0. The van der Waals surface area contributed by atoms with Crippen LogP contribution in [0.5, 0.6) is 5.75 Å². The van der Waals surface area contributed by atoms with Gasteiger partial charge in [-0.15, -0.1) is 0 Å². The van der Waals surface area contributed by atoms with Crippen molar-refractivity contribution >= 4 is 0 Å². The SMILES string of the molecule is CCC(C)(C)C.COc1ccccc1. The van der Waals surface area contributed by atoms with Gasteiger partial charge in [0.05, 0.1) is 7.11 Å². The lowest BCUT2D eigenvalue weighted by atomic mass is 9.94. The fraction of sp³-hybridized carbons (Fsp3) is 0.538. The van der Waals surface area contributed by atoms with Crippen LogP contribution in [0, 0.1) is 5.41 Å². The molecule has 14 heavy (non-hydrogen) atoms. The van der Waals surface area contributed by atoms with Gasteiger partial charge < -0.3 is 4.74 Å². The Morgan fingerprint density at radius 2 is 1.50 bits per heavy atom. The molecule has 0 heterocycles. The van der Waals surface area contributed by atoms with Crippen molar-refractivity contribution in [2.75, 3.05) is 7.11 Å². The predicted molar refractivity (Wildman–Crippen MR) is 62.7 cm³/mol. The molecule has 0 saturated carbocycles. The van der Waals surface area contributed by atoms with Gasteiger partial charge in [0, 0.05) is 0 Å². The molecule has 0 atom stereocenters. The van der Waals surface area contributed by atoms with Gasteiger partial charge in [-0.1, -0.05) is 52.3 Å². The van der Waals surface area contributed by atoms with E-state index >= 15 is 0 Å². The summed E-state index contributed by atoms with van der Waals surface area (Å²) in [4.78, 5) is 0. The van der Waals surface area contributed by atoms with E-state index in [0.717, 1.165) is 5.75 Å². The van der Waals surface area contributed by atoms with E-state index in [0.29, 0.717) is 5.41 Å². The van der Waals surface area contributed by atoms with E-state index in [1.54, 1.807) is 7.11 Å². The summed E-state index contributed by atoms with van der Waals surface area (Å²) in [6.07, 6.45) is 1.27. The van der Waals surface area contributed by atoms with Gasteiger partial charge in [0.1, 0.15) is 5.75 Å². The summed E-state index contributed by atoms with van der Waals surface area (Å²) in [6.45, 7) is 8.94. The molecule has 0 saturated heterocycles. The molecule has 0 aromatic heterocycles. The monoisotopic (exact) mass is 194 g/mol. The maximum Gasteiger partial charge on any atom is 0.118 e. The zero-order valence-electron chi connectivity index (χ0n) is 10.0. The van der Waals surface area contributed by atoms with E-state index in [9.17, 15) is 0 Å². The first-order chi connectivity index (χ1) is 6.49. The zero-order valence-corrected chi connectivity index (χ0v) is 10.0. The Bertz CT molecular complexity index is 221. The van der Waals surface area contributed by atoms with Crippen LogP contribution in [0.15, 0.2) is 30.3 Å². The topological polar surface area (TPSA) is 9.23 Å². The molecule has 0 aliphatic rings. The average molecular weight is 194 g/mol. The smallest absolute Gasteiger partial charge is 0.118 e. The van der Waals surface area contributed by atoms with Crippen molar-refractivity contribution in [2.45, 2.75) is 34.1 Å². The third-order valence-electron chi connectivity index (χ3n) is 2.04. The minimum Gasteiger partial charge on any atom is -0.497 e. The van der Waals surface area contributed by atoms with Crippen LogP contribution in [-0.4, -0.2) is 7.11 Å². The minimum atomic E-state index is 0.542. The highest BCUT2D eigenvalue weighted by Crippen LogP contribution is 2.16. The van der Waals surface area contributed by atoms with Crippen LogP contribution in [0.3, 0.4) is 0 Å². The zero-order chi connectivity index (χ0) is 11.0. The van der Waals surface area contributed by atoms with E-state index in [2.05, 4.69) is 27.7 Å². The highest BCUT2D eigenvalue weighted by atomic mass is 16.5. The van der Waals surface area contributed by atoms with Crippen molar-refractivity contribution in [3.8, 4) is 5.75 Å². The lowest BCUT2D eigenvalue weighted by molar-refractivity contribution is 0.398. The van der Waals surface area contributed by atoms with Crippen molar-refractivity contribution in [3.63, 3.8) is 0 Å². The van der Waals surface area contributed by atoms with Gasteiger partial charge in [-0.25, -0.2) is 0 Å². The minimum absolute atomic E-state index is 0.542. The van der Waals surface area contributed by atoms with Crippen LogP contribution in [0.2, 0.25) is 0 Å². The highest BCUT2D eigenvalue weighted by Gasteiger charge is 2.03. The fourth-order valence-electron chi connectivity index (χ4n) is 0.557. The van der Waals surface area contributed by atoms with Crippen molar-refractivity contribution in [1.82, 2.24) is 0 Å². The molecule has 0 aliphatic carbocycles. The number of rotatable bonds is 1.